The first-order valence-corrected chi connectivity index (χ1v) is 9.76. The summed E-state index contributed by atoms with van der Waals surface area (Å²) >= 11 is 0. The molecule has 0 aromatic heterocycles. The number of nitrogens with zero attached hydrogens (tertiary/aromatic N) is 3. The van der Waals surface area contributed by atoms with Gasteiger partial charge in [-0.25, -0.2) is 0 Å². The number of morpholine rings is 1. The first kappa shape index (κ1) is 20.1. The number of hydrogen-bond donors (Lipinski definition) is 0. The minimum Gasteiger partial charge on any atom is -0.494 e. The van der Waals surface area contributed by atoms with E-state index in [0.717, 1.165) is 5.75 Å². The summed E-state index contributed by atoms with van der Waals surface area (Å²) in [7, 11) is 0. The zero-order valence-electron chi connectivity index (χ0n) is 16.0. The number of carbonyl (C=O) groups excluding carboxylic acids is 3. The van der Waals surface area contributed by atoms with Crippen molar-refractivity contribution in [3.63, 3.8) is 0 Å². The van der Waals surface area contributed by atoms with Crippen molar-refractivity contribution in [2.75, 3.05) is 59.1 Å². The Morgan fingerprint density at radius 2 is 1.39 bits per heavy atom. The van der Waals surface area contributed by atoms with Gasteiger partial charge in [0.1, 0.15) is 5.75 Å². The number of piperazine rings is 1. The van der Waals surface area contributed by atoms with Crippen LogP contribution < -0.4 is 4.74 Å². The van der Waals surface area contributed by atoms with Crippen molar-refractivity contribution < 1.29 is 23.9 Å². The largest absolute Gasteiger partial charge is 0.494 e. The van der Waals surface area contributed by atoms with Gasteiger partial charge in [0, 0.05) is 45.7 Å². The Labute approximate surface area is 165 Å². The van der Waals surface area contributed by atoms with E-state index in [2.05, 4.69) is 0 Å². The van der Waals surface area contributed by atoms with E-state index in [-0.39, 0.29) is 5.91 Å². The van der Waals surface area contributed by atoms with Crippen molar-refractivity contribution in [3.05, 3.63) is 30.3 Å². The topological polar surface area (TPSA) is 79.4 Å². The van der Waals surface area contributed by atoms with Gasteiger partial charge in [0.15, 0.2) is 0 Å². The average Bonchev–Trinajstić information content (AvgIpc) is 2.77. The fourth-order valence-corrected chi connectivity index (χ4v) is 3.28. The molecule has 2 aliphatic rings. The molecule has 2 aliphatic heterocycles. The van der Waals surface area contributed by atoms with E-state index in [1.54, 1.807) is 9.80 Å². The molecule has 1 aromatic carbocycles. The number of para-hydroxylation sites is 1. The molecule has 0 atom stereocenters. The molecule has 0 bridgehead atoms. The third-order valence-electron chi connectivity index (χ3n) is 4.95. The van der Waals surface area contributed by atoms with Crippen molar-refractivity contribution >= 4 is 17.7 Å². The van der Waals surface area contributed by atoms with Crippen molar-refractivity contribution in [2.45, 2.75) is 12.8 Å². The molecule has 8 heteroatoms. The lowest BCUT2D eigenvalue weighted by atomic mass is 10.2. The molecule has 3 rings (SSSR count). The maximum atomic E-state index is 12.4. The van der Waals surface area contributed by atoms with Crippen LogP contribution in [0.25, 0.3) is 0 Å². The zero-order valence-corrected chi connectivity index (χ0v) is 16.0. The van der Waals surface area contributed by atoms with Gasteiger partial charge in [-0.1, -0.05) is 18.2 Å². The van der Waals surface area contributed by atoms with Crippen LogP contribution in [0.15, 0.2) is 30.3 Å². The molecule has 28 heavy (non-hydrogen) atoms. The standard InChI is InChI=1S/C20H27N3O5/c24-18(7-4-14-28-17-5-2-1-3-6-17)21-8-10-22(11-9-21)19(25)20(26)23-12-15-27-16-13-23/h1-3,5-6H,4,7-16H2. The fourth-order valence-electron chi connectivity index (χ4n) is 3.28. The van der Waals surface area contributed by atoms with Crippen LogP contribution in [-0.4, -0.2) is 91.5 Å². The summed E-state index contributed by atoms with van der Waals surface area (Å²) in [6.07, 6.45) is 1.05. The van der Waals surface area contributed by atoms with E-state index in [9.17, 15) is 14.4 Å². The van der Waals surface area contributed by atoms with Gasteiger partial charge in [0.25, 0.3) is 0 Å². The molecule has 2 heterocycles. The van der Waals surface area contributed by atoms with Gasteiger partial charge in [-0.3, -0.25) is 14.4 Å². The third kappa shape index (κ3) is 5.45. The minimum atomic E-state index is -0.481. The minimum absolute atomic E-state index is 0.0586. The van der Waals surface area contributed by atoms with Gasteiger partial charge in [0.2, 0.25) is 5.91 Å². The van der Waals surface area contributed by atoms with Gasteiger partial charge in [0.05, 0.1) is 19.8 Å². The molecule has 0 N–H and O–H groups in total. The summed E-state index contributed by atoms with van der Waals surface area (Å²) < 4.78 is 10.8. The number of rotatable bonds is 5. The van der Waals surface area contributed by atoms with Crippen LogP contribution in [0.5, 0.6) is 5.75 Å². The molecule has 0 saturated carbocycles. The van der Waals surface area contributed by atoms with E-state index in [4.69, 9.17) is 9.47 Å². The second kappa shape index (κ2) is 10.1. The van der Waals surface area contributed by atoms with E-state index in [1.165, 1.54) is 4.90 Å². The van der Waals surface area contributed by atoms with Crippen LogP contribution in [0.1, 0.15) is 12.8 Å². The molecule has 0 aliphatic carbocycles. The summed E-state index contributed by atoms with van der Waals surface area (Å²) in [5.41, 5.74) is 0. The Balaban J connectivity index is 1.35. The molecule has 0 unspecified atom stereocenters. The average molecular weight is 389 g/mol. The van der Waals surface area contributed by atoms with Gasteiger partial charge in [-0.2, -0.15) is 0 Å². The lowest BCUT2D eigenvalue weighted by molar-refractivity contribution is -0.155. The lowest BCUT2D eigenvalue weighted by Crippen LogP contribution is -2.55. The molecule has 2 fully saturated rings. The predicted octanol–water partition coefficient (Wildman–Crippen LogP) is 0.375. The smallest absolute Gasteiger partial charge is 0.312 e. The number of ether oxygens (including phenoxy) is 2. The third-order valence-corrected chi connectivity index (χ3v) is 4.95. The number of carbonyl (C=O) groups is 3. The van der Waals surface area contributed by atoms with Gasteiger partial charge in [-0.15, -0.1) is 0 Å². The highest BCUT2D eigenvalue weighted by Crippen LogP contribution is 2.11. The maximum Gasteiger partial charge on any atom is 0.312 e. The van der Waals surface area contributed by atoms with E-state index in [1.807, 2.05) is 30.3 Å². The highest BCUT2D eigenvalue weighted by molar-refractivity contribution is 6.34. The summed E-state index contributed by atoms with van der Waals surface area (Å²) in [6, 6.07) is 9.51. The molecule has 3 amide bonds. The van der Waals surface area contributed by atoms with E-state index < -0.39 is 11.8 Å². The first-order chi connectivity index (χ1) is 13.6. The van der Waals surface area contributed by atoms with Crippen LogP contribution in [0.2, 0.25) is 0 Å². The quantitative estimate of drug-likeness (QED) is 0.537. The van der Waals surface area contributed by atoms with Crippen molar-refractivity contribution in [1.82, 2.24) is 14.7 Å². The highest BCUT2D eigenvalue weighted by atomic mass is 16.5. The second-order valence-corrected chi connectivity index (χ2v) is 6.84. The van der Waals surface area contributed by atoms with Crippen LogP contribution in [0.3, 0.4) is 0 Å². The first-order valence-electron chi connectivity index (χ1n) is 9.76. The summed E-state index contributed by atoms with van der Waals surface area (Å²) in [5.74, 6) is -0.0957. The number of benzene rings is 1. The summed E-state index contributed by atoms with van der Waals surface area (Å²) in [5, 5.41) is 0. The Bertz CT molecular complexity index is 668. The fraction of sp³-hybridized carbons (Fsp3) is 0.550. The van der Waals surface area contributed by atoms with E-state index in [0.29, 0.717) is 71.9 Å². The Morgan fingerprint density at radius 1 is 0.821 bits per heavy atom. The van der Waals surface area contributed by atoms with Crippen LogP contribution >= 0.6 is 0 Å². The molecular formula is C20H27N3O5. The summed E-state index contributed by atoms with van der Waals surface area (Å²) in [4.78, 5) is 41.9. The second-order valence-electron chi connectivity index (χ2n) is 6.84. The zero-order chi connectivity index (χ0) is 19.8. The van der Waals surface area contributed by atoms with Gasteiger partial charge < -0.3 is 24.2 Å². The van der Waals surface area contributed by atoms with Gasteiger partial charge in [-0.05, 0) is 18.6 Å². The van der Waals surface area contributed by atoms with Crippen LogP contribution in [-0.2, 0) is 19.1 Å². The number of amides is 3. The van der Waals surface area contributed by atoms with Crippen molar-refractivity contribution in [1.29, 1.82) is 0 Å². The Morgan fingerprint density at radius 3 is 2.04 bits per heavy atom. The van der Waals surface area contributed by atoms with Crippen LogP contribution in [0.4, 0.5) is 0 Å². The molecule has 152 valence electrons. The molecule has 0 radical (unpaired) electrons. The number of hydrogen-bond acceptors (Lipinski definition) is 5. The molecule has 0 spiro atoms. The lowest BCUT2D eigenvalue weighted by Gasteiger charge is -2.36. The Kier molecular flexibility index (Phi) is 7.25. The molecule has 2 saturated heterocycles. The SMILES string of the molecule is O=C(CCCOc1ccccc1)N1CCN(C(=O)C(=O)N2CCOCC2)CC1. The monoisotopic (exact) mass is 389 g/mol. The van der Waals surface area contributed by atoms with E-state index >= 15 is 0 Å². The maximum absolute atomic E-state index is 12.4. The summed E-state index contributed by atoms with van der Waals surface area (Å²) in [6.45, 7) is 4.03. The molecule has 8 nitrogen and oxygen atoms in total. The highest BCUT2D eigenvalue weighted by Gasteiger charge is 2.31. The van der Waals surface area contributed by atoms with Gasteiger partial charge >= 0.3 is 11.8 Å². The normalized spacial score (nSPS) is 17.4. The van der Waals surface area contributed by atoms with Crippen LogP contribution in [0, 0.1) is 0 Å². The van der Waals surface area contributed by atoms with Crippen molar-refractivity contribution in [3.8, 4) is 5.75 Å². The van der Waals surface area contributed by atoms with Crippen molar-refractivity contribution in [2.24, 2.45) is 0 Å². The molecule has 1 aromatic rings. The molecular weight excluding hydrogens is 362 g/mol. The Hall–Kier alpha value is -2.61. The predicted molar refractivity (Wildman–Crippen MR) is 102 cm³/mol.